The van der Waals surface area contributed by atoms with Crippen LogP contribution in [0.4, 0.5) is 0 Å². The lowest BCUT2D eigenvalue weighted by atomic mass is 10.2. The summed E-state index contributed by atoms with van der Waals surface area (Å²) >= 11 is 3.39. The molecule has 0 bridgehead atoms. The van der Waals surface area contributed by atoms with E-state index in [1.807, 2.05) is 18.2 Å². The summed E-state index contributed by atoms with van der Waals surface area (Å²) in [6.45, 7) is 0.424. The molecular formula is C13H15BrN2O3. The Bertz CT molecular complexity index is 505. The van der Waals surface area contributed by atoms with Crippen molar-refractivity contribution in [2.75, 3.05) is 7.11 Å². The van der Waals surface area contributed by atoms with E-state index >= 15 is 0 Å². The Morgan fingerprint density at radius 1 is 1.58 bits per heavy atom. The van der Waals surface area contributed by atoms with Crippen molar-refractivity contribution in [1.82, 2.24) is 10.6 Å². The zero-order valence-electron chi connectivity index (χ0n) is 10.5. The molecule has 1 unspecified atom stereocenters. The molecule has 0 spiro atoms. The predicted molar refractivity (Wildman–Crippen MR) is 73.7 cm³/mol. The Hall–Kier alpha value is -1.56. The molecule has 0 aliphatic carbocycles. The van der Waals surface area contributed by atoms with Gasteiger partial charge in [-0.3, -0.25) is 9.59 Å². The van der Waals surface area contributed by atoms with E-state index in [9.17, 15) is 9.59 Å². The zero-order chi connectivity index (χ0) is 13.8. The molecule has 19 heavy (non-hydrogen) atoms. The SMILES string of the molecule is COc1ccc(CNC(=O)C2CCC(=O)N2)cc1Br. The van der Waals surface area contributed by atoms with Crippen LogP contribution in [0, 0.1) is 0 Å². The van der Waals surface area contributed by atoms with Gasteiger partial charge in [-0.05, 0) is 40.0 Å². The summed E-state index contributed by atoms with van der Waals surface area (Å²) in [5.41, 5.74) is 0.963. The molecule has 1 heterocycles. The lowest BCUT2D eigenvalue weighted by Gasteiger charge is -2.11. The second kappa shape index (κ2) is 6.06. The molecule has 5 nitrogen and oxygen atoms in total. The highest BCUT2D eigenvalue weighted by atomic mass is 79.9. The van der Waals surface area contributed by atoms with Gasteiger partial charge in [0, 0.05) is 13.0 Å². The van der Waals surface area contributed by atoms with Crippen LogP contribution < -0.4 is 15.4 Å². The van der Waals surface area contributed by atoms with Crippen LogP contribution in [0.1, 0.15) is 18.4 Å². The lowest BCUT2D eigenvalue weighted by Crippen LogP contribution is -2.41. The van der Waals surface area contributed by atoms with Crippen molar-refractivity contribution < 1.29 is 14.3 Å². The second-order valence-corrected chi connectivity index (χ2v) is 5.20. The molecule has 0 aromatic heterocycles. The van der Waals surface area contributed by atoms with E-state index in [0.717, 1.165) is 15.8 Å². The fourth-order valence-corrected chi connectivity index (χ4v) is 2.53. The first-order chi connectivity index (χ1) is 9.10. The number of ether oxygens (including phenoxy) is 1. The average Bonchev–Trinajstić information content (AvgIpc) is 2.83. The molecule has 1 aliphatic heterocycles. The number of rotatable bonds is 4. The number of carbonyl (C=O) groups excluding carboxylic acids is 2. The van der Waals surface area contributed by atoms with Crippen LogP contribution in [0.15, 0.2) is 22.7 Å². The van der Waals surface area contributed by atoms with Crippen molar-refractivity contribution >= 4 is 27.7 Å². The molecule has 1 aliphatic rings. The third kappa shape index (κ3) is 3.47. The van der Waals surface area contributed by atoms with Crippen molar-refractivity contribution in [1.29, 1.82) is 0 Å². The molecule has 1 aromatic rings. The van der Waals surface area contributed by atoms with E-state index in [4.69, 9.17) is 4.74 Å². The molecular weight excluding hydrogens is 312 g/mol. The molecule has 0 radical (unpaired) electrons. The van der Waals surface area contributed by atoms with Gasteiger partial charge in [-0.2, -0.15) is 0 Å². The highest BCUT2D eigenvalue weighted by molar-refractivity contribution is 9.10. The number of hydrogen-bond acceptors (Lipinski definition) is 3. The molecule has 0 saturated carbocycles. The number of carbonyl (C=O) groups is 2. The van der Waals surface area contributed by atoms with Gasteiger partial charge in [0.2, 0.25) is 11.8 Å². The van der Waals surface area contributed by atoms with E-state index in [2.05, 4.69) is 26.6 Å². The fraction of sp³-hybridized carbons (Fsp3) is 0.385. The van der Waals surface area contributed by atoms with Gasteiger partial charge in [0.05, 0.1) is 11.6 Å². The predicted octanol–water partition coefficient (Wildman–Crippen LogP) is 1.35. The first-order valence-corrected chi connectivity index (χ1v) is 6.79. The standard InChI is InChI=1S/C13H15BrN2O3/c1-19-11-4-2-8(6-9(11)14)7-15-13(18)10-3-5-12(17)16-10/h2,4,6,10H,3,5,7H2,1H3,(H,15,18)(H,16,17). The maximum Gasteiger partial charge on any atom is 0.242 e. The molecule has 1 atom stereocenters. The van der Waals surface area contributed by atoms with E-state index in [1.54, 1.807) is 7.11 Å². The molecule has 2 rings (SSSR count). The van der Waals surface area contributed by atoms with Crippen LogP contribution in [0.5, 0.6) is 5.75 Å². The summed E-state index contributed by atoms with van der Waals surface area (Å²) in [5, 5.41) is 5.45. The fourth-order valence-electron chi connectivity index (χ4n) is 1.94. The summed E-state index contributed by atoms with van der Waals surface area (Å²) < 4.78 is 5.98. The zero-order valence-corrected chi connectivity index (χ0v) is 12.1. The first-order valence-electron chi connectivity index (χ1n) is 5.99. The smallest absolute Gasteiger partial charge is 0.242 e. The molecule has 102 valence electrons. The van der Waals surface area contributed by atoms with Crippen molar-refractivity contribution in [2.24, 2.45) is 0 Å². The van der Waals surface area contributed by atoms with Gasteiger partial charge in [0.15, 0.2) is 0 Å². The Labute approximate surface area is 119 Å². The minimum Gasteiger partial charge on any atom is -0.496 e. The van der Waals surface area contributed by atoms with Crippen LogP contribution in [0.2, 0.25) is 0 Å². The summed E-state index contributed by atoms with van der Waals surface area (Å²) in [6.07, 6.45) is 0.989. The molecule has 6 heteroatoms. The maximum absolute atomic E-state index is 11.8. The van der Waals surface area contributed by atoms with E-state index < -0.39 is 6.04 Å². The van der Waals surface area contributed by atoms with Gasteiger partial charge in [0.25, 0.3) is 0 Å². The van der Waals surface area contributed by atoms with Gasteiger partial charge >= 0.3 is 0 Å². The van der Waals surface area contributed by atoms with Gasteiger partial charge < -0.3 is 15.4 Å². The molecule has 1 aromatic carbocycles. The lowest BCUT2D eigenvalue weighted by molar-refractivity contribution is -0.125. The summed E-state index contributed by atoms with van der Waals surface area (Å²) in [7, 11) is 1.60. The summed E-state index contributed by atoms with van der Waals surface area (Å²) in [4.78, 5) is 22.8. The number of benzene rings is 1. The molecule has 1 saturated heterocycles. The Morgan fingerprint density at radius 2 is 2.37 bits per heavy atom. The van der Waals surface area contributed by atoms with Gasteiger partial charge in [-0.25, -0.2) is 0 Å². The Balaban J connectivity index is 1.90. The van der Waals surface area contributed by atoms with E-state index in [0.29, 0.717) is 19.4 Å². The van der Waals surface area contributed by atoms with Crippen LogP contribution in [-0.2, 0) is 16.1 Å². The Kier molecular flexibility index (Phi) is 4.42. The first kappa shape index (κ1) is 13.9. The van der Waals surface area contributed by atoms with Crippen molar-refractivity contribution in [3.63, 3.8) is 0 Å². The number of halogens is 1. The van der Waals surface area contributed by atoms with Crippen LogP contribution >= 0.6 is 15.9 Å². The minimum atomic E-state index is -0.394. The highest BCUT2D eigenvalue weighted by Gasteiger charge is 2.26. The van der Waals surface area contributed by atoms with Crippen LogP contribution in [0.25, 0.3) is 0 Å². The highest BCUT2D eigenvalue weighted by Crippen LogP contribution is 2.25. The number of hydrogen-bond donors (Lipinski definition) is 2. The van der Waals surface area contributed by atoms with E-state index in [-0.39, 0.29) is 11.8 Å². The number of nitrogens with one attached hydrogen (secondary N) is 2. The molecule has 1 fully saturated rings. The maximum atomic E-state index is 11.8. The van der Waals surface area contributed by atoms with Crippen LogP contribution in [0.3, 0.4) is 0 Å². The minimum absolute atomic E-state index is 0.0626. The van der Waals surface area contributed by atoms with E-state index in [1.165, 1.54) is 0 Å². The van der Waals surface area contributed by atoms with Gasteiger partial charge in [-0.15, -0.1) is 0 Å². The van der Waals surface area contributed by atoms with Gasteiger partial charge in [0.1, 0.15) is 11.8 Å². The summed E-state index contributed by atoms with van der Waals surface area (Å²) in [6, 6.07) is 5.22. The third-order valence-electron chi connectivity index (χ3n) is 2.99. The summed E-state index contributed by atoms with van der Waals surface area (Å²) in [5.74, 6) is 0.545. The monoisotopic (exact) mass is 326 g/mol. The van der Waals surface area contributed by atoms with Crippen LogP contribution in [-0.4, -0.2) is 25.0 Å². The van der Waals surface area contributed by atoms with Crippen molar-refractivity contribution in [3.05, 3.63) is 28.2 Å². The largest absolute Gasteiger partial charge is 0.496 e. The topological polar surface area (TPSA) is 67.4 Å². The Morgan fingerprint density at radius 3 is 2.95 bits per heavy atom. The second-order valence-electron chi connectivity index (χ2n) is 4.35. The number of amides is 2. The molecule has 2 N–H and O–H groups in total. The quantitative estimate of drug-likeness (QED) is 0.877. The van der Waals surface area contributed by atoms with Crippen molar-refractivity contribution in [3.8, 4) is 5.75 Å². The normalized spacial score (nSPS) is 18.0. The van der Waals surface area contributed by atoms with Gasteiger partial charge in [-0.1, -0.05) is 6.07 Å². The molecule has 2 amide bonds. The van der Waals surface area contributed by atoms with Crippen molar-refractivity contribution in [2.45, 2.75) is 25.4 Å². The number of methoxy groups -OCH3 is 1. The third-order valence-corrected chi connectivity index (χ3v) is 3.61. The average molecular weight is 327 g/mol.